The summed E-state index contributed by atoms with van der Waals surface area (Å²) in [5.41, 5.74) is 0.367. The van der Waals surface area contributed by atoms with Crippen molar-refractivity contribution in [3.8, 4) is 0 Å². The molecule has 6 nitrogen and oxygen atoms in total. The van der Waals surface area contributed by atoms with Crippen molar-refractivity contribution in [2.45, 2.75) is 83.3 Å². The summed E-state index contributed by atoms with van der Waals surface area (Å²) in [6.07, 6.45) is 7.32. The van der Waals surface area contributed by atoms with Crippen LogP contribution in [0.15, 0.2) is 0 Å². The van der Waals surface area contributed by atoms with E-state index in [0.29, 0.717) is 30.0 Å². The summed E-state index contributed by atoms with van der Waals surface area (Å²) >= 11 is 0. The van der Waals surface area contributed by atoms with Gasteiger partial charge in [-0.1, -0.05) is 0 Å². The molecular formula is C21H35N3O3. The van der Waals surface area contributed by atoms with Crippen LogP contribution >= 0.6 is 0 Å². The van der Waals surface area contributed by atoms with Gasteiger partial charge in [-0.05, 0) is 64.7 Å². The summed E-state index contributed by atoms with van der Waals surface area (Å²) in [7, 11) is 0. The molecule has 1 spiro atoms. The highest BCUT2D eigenvalue weighted by Gasteiger charge is 2.52. The highest BCUT2D eigenvalue weighted by Crippen LogP contribution is 2.50. The molecule has 1 saturated carbocycles. The van der Waals surface area contributed by atoms with E-state index in [1.54, 1.807) is 0 Å². The number of nitrogens with zero attached hydrogens (tertiary/aromatic N) is 3. The minimum absolute atomic E-state index is 0.0326. The molecule has 1 aliphatic carbocycles. The van der Waals surface area contributed by atoms with Gasteiger partial charge in [0.05, 0.1) is 6.61 Å². The summed E-state index contributed by atoms with van der Waals surface area (Å²) < 4.78 is 5.16. The maximum Gasteiger partial charge on any atom is 0.409 e. The van der Waals surface area contributed by atoms with Crippen LogP contribution in [0, 0.1) is 5.41 Å². The fraction of sp³-hybridized carbons (Fsp3) is 0.905. The zero-order valence-corrected chi connectivity index (χ0v) is 17.2. The van der Waals surface area contributed by atoms with Crippen LogP contribution in [0.3, 0.4) is 0 Å². The maximum absolute atomic E-state index is 12.3. The van der Waals surface area contributed by atoms with Crippen LogP contribution in [-0.2, 0) is 9.53 Å². The number of carbonyl (C=O) groups is 2. The topological polar surface area (TPSA) is 53.1 Å². The van der Waals surface area contributed by atoms with Crippen LogP contribution in [0.25, 0.3) is 0 Å². The monoisotopic (exact) mass is 377 g/mol. The number of rotatable bonds is 3. The Bertz CT molecular complexity index is 591. The minimum Gasteiger partial charge on any atom is -0.450 e. The number of piperidine rings is 1. The fourth-order valence-corrected chi connectivity index (χ4v) is 6.04. The van der Waals surface area contributed by atoms with Crippen molar-refractivity contribution in [1.82, 2.24) is 14.7 Å². The molecule has 0 aromatic carbocycles. The number of carbonyl (C=O) groups excluding carboxylic acids is 2. The first kappa shape index (κ1) is 19.0. The van der Waals surface area contributed by atoms with E-state index in [1.165, 1.54) is 12.8 Å². The molecule has 152 valence electrons. The average molecular weight is 378 g/mol. The second-order valence-electron chi connectivity index (χ2n) is 9.78. The van der Waals surface area contributed by atoms with Gasteiger partial charge in [0.15, 0.2) is 0 Å². The molecule has 2 amide bonds. The van der Waals surface area contributed by atoms with Crippen molar-refractivity contribution >= 4 is 12.0 Å². The van der Waals surface area contributed by atoms with E-state index in [4.69, 9.17) is 4.74 Å². The summed E-state index contributed by atoms with van der Waals surface area (Å²) in [6, 6.07) is 1.08. The van der Waals surface area contributed by atoms with Crippen molar-refractivity contribution in [2.75, 3.05) is 32.8 Å². The lowest BCUT2D eigenvalue weighted by Crippen LogP contribution is -2.57. The van der Waals surface area contributed by atoms with Crippen LogP contribution in [0.5, 0.6) is 0 Å². The second kappa shape index (κ2) is 6.94. The molecule has 0 unspecified atom stereocenters. The molecule has 3 saturated heterocycles. The summed E-state index contributed by atoms with van der Waals surface area (Å²) in [6.45, 7) is 10.7. The van der Waals surface area contributed by atoms with E-state index in [9.17, 15) is 9.59 Å². The largest absolute Gasteiger partial charge is 0.450 e. The van der Waals surface area contributed by atoms with Gasteiger partial charge in [-0.25, -0.2) is 4.79 Å². The number of amides is 2. The van der Waals surface area contributed by atoms with E-state index in [2.05, 4.69) is 23.6 Å². The molecule has 6 heteroatoms. The van der Waals surface area contributed by atoms with Crippen LogP contribution in [0.1, 0.15) is 65.7 Å². The van der Waals surface area contributed by atoms with Gasteiger partial charge in [-0.15, -0.1) is 0 Å². The molecule has 4 aliphatic rings. The Hall–Kier alpha value is -1.30. The predicted octanol–water partition coefficient (Wildman–Crippen LogP) is 2.86. The maximum atomic E-state index is 12.3. The van der Waals surface area contributed by atoms with Crippen molar-refractivity contribution in [3.05, 3.63) is 0 Å². The van der Waals surface area contributed by atoms with Crippen LogP contribution in [0.4, 0.5) is 4.79 Å². The van der Waals surface area contributed by atoms with Crippen molar-refractivity contribution in [1.29, 1.82) is 0 Å². The highest BCUT2D eigenvalue weighted by molar-refractivity contribution is 5.80. The van der Waals surface area contributed by atoms with E-state index in [1.807, 2.05) is 11.8 Å². The summed E-state index contributed by atoms with van der Waals surface area (Å²) in [5.74, 6) is 0.353. The Morgan fingerprint density at radius 2 is 1.81 bits per heavy atom. The minimum atomic E-state index is -0.142. The first-order chi connectivity index (χ1) is 12.8. The Kier molecular flexibility index (Phi) is 4.90. The number of hydrogen-bond donors (Lipinski definition) is 0. The van der Waals surface area contributed by atoms with Gasteiger partial charge in [0.2, 0.25) is 5.91 Å². The Balaban J connectivity index is 1.25. The number of ether oxygens (including phenoxy) is 1. The third-order valence-corrected chi connectivity index (χ3v) is 7.55. The molecule has 4 rings (SSSR count). The number of hydrogen-bond acceptors (Lipinski definition) is 4. The zero-order valence-electron chi connectivity index (χ0n) is 17.2. The Morgan fingerprint density at radius 3 is 2.41 bits per heavy atom. The van der Waals surface area contributed by atoms with Gasteiger partial charge in [0.1, 0.15) is 0 Å². The summed E-state index contributed by atoms with van der Waals surface area (Å²) in [5, 5.41) is 0. The lowest BCUT2D eigenvalue weighted by atomic mass is 9.64. The first-order valence-corrected chi connectivity index (χ1v) is 10.8. The van der Waals surface area contributed by atoms with E-state index in [0.717, 1.165) is 58.3 Å². The van der Waals surface area contributed by atoms with Crippen molar-refractivity contribution in [2.24, 2.45) is 5.41 Å². The standard InChI is InChI=1S/C21H35N3O3/c1-4-27-19(26)23-12-9-21(15-23)13-17(14-21)22-10-6-16(7-11-22)24-18(25)5-8-20(24,2)3/h16-17H,4-15H2,1-3H3. The lowest BCUT2D eigenvalue weighted by Gasteiger charge is -2.52. The highest BCUT2D eigenvalue weighted by atomic mass is 16.6. The predicted molar refractivity (Wildman–Crippen MR) is 103 cm³/mol. The SMILES string of the molecule is CCOC(=O)N1CCC2(CC(N3CCC(N4C(=O)CCC4(C)C)CC3)C2)C1. The second-order valence-corrected chi connectivity index (χ2v) is 9.78. The van der Waals surface area contributed by atoms with E-state index < -0.39 is 0 Å². The Labute approximate surface area is 163 Å². The fourth-order valence-electron chi connectivity index (χ4n) is 6.04. The van der Waals surface area contributed by atoms with Gasteiger partial charge < -0.3 is 19.4 Å². The third kappa shape index (κ3) is 3.45. The normalized spacial score (nSPS) is 34.3. The zero-order chi connectivity index (χ0) is 19.2. The van der Waals surface area contributed by atoms with E-state index in [-0.39, 0.29) is 11.6 Å². The van der Waals surface area contributed by atoms with Crippen LogP contribution < -0.4 is 0 Å². The molecule has 27 heavy (non-hydrogen) atoms. The molecule has 0 N–H and O–H groups in total. The van der Waals surface area contributed by atoms with E-state index >= 15 is 0 Å². The molecule has 0 radical (unpaired) electrons. The molecule has 0 atom stereocenters. The molecule has 3 aliphatic heterocycles. The van der Waals surface area contributed by atoms with Crippen molar-refractivity contribution in [3.63, 3.8) is 0 Å². The Morgan fingerprint density at radius 1 is 1.11 bits per heavy atom. The lowest BCUT2D eigenvalue weighted by molar-refractivity contribution is -0.135. The summed E-state index contributed by atoms with van der Waals surface area (Å²) in [4.78, 5) is 31.0. The van der Waals surface area contributed by atoms with Crippen LogP contribution in [-0.4, -0.2) is 77.1 Å². The smallest absolute Gasteiger partial charge is 0.409 e. The number of likely N-dealkylation sites (tertiary alicyclic amines) is 3. The third-order valence-electron chi connectivity index (χ3n) is 7.55. The average Bonchev–Trinajstić information content (AvgIpc) is 3.16. The molecular weight excluding hydrogens is 342 g/mol. The quantitative estimate of drug-likeness (QED) is 0.759. The molecule has 0 aromatic rings. The molecule has 0 aromatic heterocycles. The van der Waals surface area contributed by atoms with Gasteiger partial charge in [-0.3, -0.25) is 4.79 Å². The van der Waals surface area contributed by atoms with Gasteiger partial charge in [0, 0.05) is 50.2 Å². The molecule has 4 fully saturated rings. The molecule has 3 heterocycles. The van der Waals surface area contributed by atoms with Gasteiger partial charge in [-0.2, -0.15) is 0 Å². The van der Waals surface area contributed by atoms with Crippen molar-refractivity contribution < 1.29 is 14.3 Å². The van der Waals surface area contributed by atoms with Gasteiger partial charge >= 0.3 is 6.09 Å². The first-order valence-electron chi connectivity index (χ1n) is 10.8. The molecule has 0 bridgehead atoms. The van der Waals surface area contributed by atoms with Crippen LogP contribution in [0.2, 0.25) is 0 Å². The van der Waals surface area contributed by atoms with Gasteiger partial charge in [0.25, 0.3) is 0 Å².